The van der Waals surface area contributed by atoms with E-state index in [2.05, 4.69) is 10.2 Å². The van der Waals surface area contributed by atoms with E-state index in [1.54, 1.807) is 66.3 Å². The van der Waals surface area contributed by atoms with Crippen molar-refractivity contribution in [2.75, 3.05) is 18.6 Å². The van der Waals surface area contributed by atoms with Gasteiger partial charge in [-0.05, 0) is 48.0 Å². The minimum absolute atomic E-state index is 0.0686. The number of anilines is 1. The highest BCUT2D eigenvalue weighted by molar-refractivity contribution is 7.89. The molecule has 0 saturated heterocycles. The van der Waals surface area contributed by atoms with Gasteiger partial charge < -0.3 is 9.64 Å². The number of fused-ring (bicyclic) bond motifs is 1. The van der Waals surface area contributed by atoms with Gasteiger partial charge in [-0.25, -0.2) is 13.9 Å². The Labute approximate surface area is 224 Å². The van der Waals surface area contributed by atoms with Crippen LogP contribution in [-0.2, 0) is 21.4 Å². The molecule has 1 aliphatic rings. The van der Waals surface area contributed by atoms with Crippen LogP contribution in [0.2, 0.25) is 0 Å². The maximum absolute atomic E-state index is 14.1. The highest BCUT2D eigenvalue weighted by atomic mass is 32.2. The van der Waals surface area contributed by atoms with Gasteiger partial charge in [-0.3, -0.25) is 19.9 Å². The molecular weight excluding hydrogens is 522 g/mol. The normalized spacial score (nSPS) is 15.7. The molecule has 1 aromatic heterocycles. The molecule has 4 aromatic rings. The summed E-state index contributed by atoms with van der Waals surface area (Å²) in [4.78, 5) is 28.4. The lowest BCUT2D eigenvalue weighted by molar-refractivity contribution is -0.133. The number of aromatic nitrogens is 2. The highest BCUT2D eigenvalue weighted by Gasteiger charge is 2.42. The number of carbonyl (C=O) groups is 2. The molecule has 0 fully saturated rings. The van der Waals surface area contributed by atoms with E-state index in [9.17, 15) is 23.2 Å². The van der Waals surface area contributed by atoms with E-state index in [0.717, 1.165) is 4.31 Å². The van der Waals surface area contributed by atoms with E-state index >= 15 is 0 Å². The summed E-state index contributed by atoms with van der Waals surface area (Å²) in [5.74, 6) is -0.959. The Morgan fingerprint density at radius 1 is 1.03 bits per heavy atom. The Morgan fingerprint density at radius 2 is 1.74 bits per heavy atom. The maximum Gasteiger partial charge on any atom is 0.263 e. The van der Waals surface area contributed by atoms with Gasteiger partial charge in [0.1, 0.15) is 11.8 Å². The second kappa shape index (κ2) is 10.7. The number of H-pyrrole nitrogens is 1. The molecule has 1 unspecified atom stereocenters. The third kappa shape index (κ3) is 4.88. The summed E-state index contributed by atoms with van der Waals surface area (Å²) in [6.07, 6.45) is 1.57. The van der Waals surface area contributed by atoms with E-state index in [1.165, 1.54) is 36.3 Å². The lowest BCUT2D eigenvalue weighted by Crippen LogP contribution is -2.53. The summed E-state index contributed by atoms with van der Waals surface area (Å²) >= 11 is 0. The number of nitrogens with zero attached hydrogens (tertiary/aromatic N) is 3. The van der Waals surface area contributed by atoms with Crippen LogP contribution in [-0.4, -0.2) is 59.6 Å². The van der Waals surface area contributed by atoms with Crippen molar-refractivity contribution in [2.45, 2.75) is 17.5 Å². The zero-order valence-corrected chi connectivity index (χ0v) is 21.6. The van der Waals surface area contributed by atoms with Gasteiger partial charge in [0.15, 0.2) is 0 Å². The number of sulfonamides is 1. The van der Waals surface area contributed by atoms with Crippen LogP contribution in [0.3, 0.4) is 0 Å². The number of hydrogen-bond donors (Lipinski definition) is 3. The molecule has 11 nitrogen and oxygen atoms in total. The fourth-order valence-electron chi connectivity index (χ4n) is 4.62. The van der Waals surface area contributed by atoms with E-state index in [-0.39, 0.29) is 18.0 Å². The van der Waals surface area contributed by atoms with Crippen LogP contribution in [0, 0.1) is 0 Å². The van der Waals surface area contributed by atoms with Crippen molar-refractivity contribution in [3.05, 3.63) is 96.2 Å². The molecule has 0 saturated carbocycles. The molecule has 200 valence electrons. The largest absolute Gasteiger partial charge is 0.497 e. The lowest BCUT2D eigenvalue weighted by atomic mass is 10.0. The molecule has 3 N–H and O–H groups in total. The molecule has 3 aromatic carbocycles. The first-order chi connectivity index (χ1) is 18.8. The summed E-state index contributed by atoms with van der Waals surface area (Å²) in [5, 5.41) is 16.4. The smallest absolute Gasteiger partial charge is 0.263 e. The van der Waals surface area contributed by atoms with Crippen molar-refractivity contribution in [1.29, 1.82) is 0 Å². The first-order valence-corrected chi connectivity index (χ1v) is 13.4. The third-order valence-electron chi connectivity index (χ3n) is 6.58. The Hall–Kier alpha value is -4.52. The lowest BCUT2D eigenvalue weighted by Gasteiger charge is -2.30. The fourth-order valence-corrected chi connectivity index (χ4v) is 6.18. The fraction of sp³-hybridized carbons (Fsp3) is 0.148. The zero-order chi connectivity index (χ0) is 27.6. The predicted octanol–water partition coefficient (Wildman–Crippen LogP) is 2.81. The van der Waals surface area contributed by atoms with Crippen LogP contribution >= 0.6 is 0 Å². The monoisotopic (exact) mass is 547 g/mol. The third-order valence-corrected chi connectivity index (χ3v) is 8.45. The van der Waals surface area contributed by atoms with Gasteiger partial charge in [0.2, 0.25) is 10.0 Å². The quantitative estimate of drug-likeness (QED) is 0.249. The van der Waals surface area contributed by atoms with Crippen LogP contribution in [0.4, 0.5) is 5.69 Å². The Balaban J connectivity index is 1.62. The number of para-hydroxylation sites is 1. The molecular formula is C27H25N5O6S. The average Bonchev–Trinajstić information content (AvgIpc) is 3.45. The number of carbonyl (C=O) groups excluding carboxylic acids is 2. The van der Waals surface area contributed by atoms with E-state index < -0.39 is 27.9 Å². The van der Waals surface area contributed by atoms with Crippen molar-refractivity contribution < 1.29 is 28.0 Å². The standard InChI is InChI=1S/C27H25N5O6S/c1-38-19-10-12-20(13-11-19)39(36,37)32-16-18-6-2-5-9-24(18)31(17-25(32)26(33)30-35)27(34)22-8-4-3-7-21(22)23-14-15-28-29-23/h2-15,25,35H,16-17H2,1H3,(H,28,29)(H,30,33). The van der Waals surface area contributed by atoms with Gasteiger partial charge in [-0.15, -0.1) is 0 Å². The molecule has 1 aliphatic heterocycles. The molecule has 0 spiro atoms. The van der Waals surface area contributed by atoms with Crippen LogP contribution < -0.4 is 15.1 Å². The second-order valence-electron chi connectivity index (χ2n) is 8.78. The number of methoxy groups -OCH3 is 1. The predicted molar refractivity (Wildman–Crippen MR) is 142 cm³/mol. The second-order valence-corrected chi connectivity index (χ2v) is 10.7. The number of aromatic amines is 1. The molecule has 2 heterocycles. The average molecular weight is 548 g/mol. The molecule has 1 atom stereocenters. The summed E-state index contributed by atoms with van der Waals surface area (Å²) < 4.78 is 33.8. The highest BCUT2D eigenvalue weighted by Crippen LogP contribution is 2.34. The van der Waals surface area contributed by atoms with Crippen molar-refractivity contribution in [3.63, 3.8) is 0 Å². The van der Waals surface area contributed by atoms with Gasteiger partial charge >= 0.3 is 0 Å². The molecule has 0 bridgehead atoms. The van der Waals surface area contributed by atoms with Crippen molar-refractivity contribution in [3.8, 4) is 17.0 Å². The molecule has 12 heteroatoms. The number of rotatable bonds is 6. The number of benzene rings is 3. The SMILES string of the molecule is COc1ccc(S(=O)(=O)N2Cc3ccccc3N(C(=O)c3ccccc3-c3ccn[nH]3)CC2C(=O)NO)cc1. The van der Waals surface area contributed by atoms with Gasteiger partial charge in [0.25, 0.3) is 11.8 Å². The van der Waals surface area contributed by atoms with Crippen LogP contribution in [0.1, 0.15) is 15.9 Å². The van der Waals surface area contributed by atoms with Crippen molar-refractivity contribution in [2.24, 2.45) is 0 Å². The van der Waals surface area contributed by atoms with Crippen molar-refractivity contribution in [1.82, 2.24) is 20.0 Å². The number of hydroxylamine groups is 1. The van der Waals surface area contributed by atoms with E-state index in [1.807, 2.05) is 0 Å². The summed E-state index contributed by atoms with van der Waals surface area (Å²) in [6, 6.07) is 19.8. The molecule has 0 radical (unpaired) electrons. The number of ether oxygens (including phenoxy) is 1. The van der Waals surface area contributed by atoms with Gasteiger partial charge in [-0.1, -0.05) is 36.4 Å². The Morgan fingerprint density at radius 3 is 2.44 bits per heavy atom. The Bertz CT molecular complexity index is 1610. The maximum atomic E-state index is 14.1. The Kier molecular flexibility index (Phi) is 7.15. The number of amides is 2. The minimum atomic E-state index is -4.26. The molecule has 2 amide bonds. The van der Waals surface area contributed by atoms with Gasteiger partial charge in [0.05, 0.1) is 24.2 Å². The topological polar surface area (TPSA) is 145 Å². The van der Waals surface area contributed by atoms with Gasteiger partial charge in [-0.2, -0.15) is 9.40 Å². The minimum Gasteiger partial charge on any atom is -0.497 e. The van der Waals surface area contributed by atoms with E-state index in [0.29, 0.717) is 33.8 Å². The van der Waals surface area contributed by atoms with Crippen LogP contribution in [0.5, 0.6) is 5.75 Å². The van der Waals surface area contributed by atoms with Crippen molar-refractivity contribution >= 4 is 27.5 Å². The van der Waals surface area contributed by atoms with Crippen LogP contribution in [0.25, 0.3) is 11.3 Å². The first kappa shape index (κ1) is 26.1. The summed E-state index contributed by atoms with van der Waals surface area (Å²) in [5.41, 5.74) is 4.07. The number of nitrogens with one attached hydrogen (secondary N) is 2. The molecule has 39 heavy (non-hydrogen) atoms. The van der Waals surface area contributed by atoms with Crippen LogP contribution in [0.15, 0.2) is 90.0 Å². The van der Waals surface area contributed by atoms with Gasteiger partial charge in [0, 0.05) is 29.6 Å². The summed E-state index contributed by atoms with van der Waals surface area (Å²) in [7, 11) is -2.79. The summed E-state index contributed by atoms with van der Waals surface area (Å²) in [6.45, 7) is -0.566. The molecule has 5 rings (SSSR count). The molecule has 0 aliphatic carbocycles. The first-order valence-electron chi connectivity index (χ1n) is 11.9. The zero-order valence-electron chi connectivity index (χ0n) is 20.8. The van der Waals surface area contributed by atoms with E-state index in [4.69, 9.17) is 4.74 Å². The number of hydrogen-bond acceptors (Lipinski definition) is 7.